The molecule has 74 heavy (non-hydrogen) atoms. The summed E-state index contributed by atoms with van der Waals surface area (Å²) >= 11 is 13.8. The maximum Gasteiger partial charge on any atom is 0.325 e. The van der Waals surface area contributed by atoms with Gasteiger partial charge in [0.15, 0.2) is 0 Å². The number of aliphatic hydroxyl groups excluding tert-OH is 2. The largest absolute Gasteiger partial charge is 0.488 e. The predicted octanol–water partition coefficient (Wildman–Crippen LogP) is 8.58. The van der Waals surface area contributed by atoms with Crippen LogP contribution in [0, 0.1) is 13.8 Å². The smallest absolute Gasteiger partial charge is 0.325 e. The average Bonchev–Trinajstić information content (AvgIpc) is 4.25. The molecule has 0 bridgehead atoms. The van der Waals surface area contributed by atoms with Gasteiger partial charge in [-0.05, 0) is 85.3 Å². The topological polar surface area (TPSA) is 205 Å². The summed E-state index contributed by atoms with van der Waals surface area (Å²) in [6.07, 6.45) is 8.42. The first-order chi connectivity index (χ1) is 35.7. The van der Waals surface area contributed by atoms with Crippen molar-refractivity contribution in [2.75, 3.05) is 21.3 Å². The van der Waals surface area contributed by atoms with Crippen LogP contribution >= 0.6 is 23.2 Å². The van der Waals surface area contributed by atoms with E-state index in [-0.39, 0.29) is 45.6 Å². The van der Waals surface area contributed by atoms with Crippen molar-refractivity contribution in [3.05, 3.63) is 163 Å². The fraction of sp³-hybridized carbons (Fsp3) is 0.321. The molecule has 18 heteroatoms. The number of pyridine rings is 2. The van der Waals surface area contributed by atoms with E-state index < -0.39 is 36.2 Å². The minimum atomic E-state index is -1.03. The van der Waals surface area contributed by atoms with E-state index in [0.29, 0.717) is 44.2 Å². The van der Waals surface area contributed by atoms with E-state index in [2.05, 4.69) is 42.7 Å². The van der Waals surface area contributed by atoms with Crippen molar-refractivity contribution < 1.29 is 48.2 Å². The Balaban J connectivity index is 1.09. The van der Waals surface area contributed by atoms with Gasteiger partial charge in [-0.15, -0.1) is 0 Å². The molecule has 3 heterocycles. The first-order valence-corrected chi connectivity index (χ1v) is 24.6. The lowest BCUT2D eigenvalue weighted by atomic mass is 9.92. The molecule has 5 atom stereocenters. The van der Waals surface area contributed by atoms with Crippen LogP contribution in [0.2, 0.25) is 10.0 Å². The number of carbonyl (C=O) groups is 2. The van der Waals surface area contributed by atoms with Crippen molar-refractivity contribution in [2.24, 2.45) is 9.98 Å². The summed E-state index contributed by atoms with van der Waals surface area (Å²) in [5.74, 6) is 0.462. The van der Waals surface area contributed by atoms with Gasteiger partial charge in [0.05, 0.1) is 36.5 Å². The summed E-state index contributed by atoms with van der Waals surface area (Å²) in [5, 5.41) is 27.4. The van der Waals surface area contributed by atoms with Crippen LogP contribution in [0.3, 0.4) is 0 Å². The van der Waals surface area contributed by atoms with Crippen LogP contribution in [-0.4, -0.2) is 90.1 Å². The molecule has 7 rings (SSSR count). The number of aliphatic imine (C=N–C) groups is 2. The minimum absolute atomic E-state index is 0.0333. The van der Waals surface area contributed by atoms with Crippen LogP contribution in [0.5, 0.6) is 23.0 Å². The molecule has 4 aromatic carbocycles. The number of hydrogen-bond acceptors (Lipinski definition) is 16. The minimum Gasteiger partial charge on any atom is -0.488 e. The highest BCUT2D eigenvalue weighted by Crippen LogP contribution is 2.38. The lowest BCUT2D eigenvalue weighted by molar-refractivity contribution is -0.146. The van der Waals surface area contributed by atoms with Gasteiger partial charge in [0.25, 0.3) is 0 Å². The number of methoxy groups -OCH3 is 2. The zero-order chi connectivity index (χ0) is 52.9. The normalized spacial score (nSPS) is 14.5. The third-order valence-electron chi connectivity index (χ3n) is 12.4. The molecule has 0 saturated carbocycles. The van der Waals surface area contributed by atoms with Gasteiger partial charge < -0.3 is 38.6 Å². The Kier molecular flexibility index (Phi) is 19.1. The quantitative estimate of drug-likeness (QED) is 0.0313. The van der Waals surface area contributed by atoms with E-state index in [1.807, 2.05) is 56.5 Å². The van der Waals surface area contributed by atoms with Gasteiger partial charge in [0.1, 0.15) is 67.6 Å². The predicted molar refractivity (Wildman–Crippen MR) is 283 cm³/mol. The van der Waals surface area contributed by atoms with E-state index in [1.165, 1.54) is 28.1 Å². The SMILES string of the molecule is CN=Cc1cncc(COc2cc(OCc3cccc(-c4cccc(COc5cc(OCc6cncc(C7C=N7)c6)c(CN[C@H](C(=O)OC)[C@H](C)O)cc5Cl)c4C)c3C)c(Cl)cc2CN[C@H](C(=O)OC)[C@H](C)O)c1. The molecule has 0 spiro atoms. The Hall–Kier alpha value is -6.92. The van der Waals surface area contributed by atoms with Gasteiger partial charge in [-0.1, -0.05) is 59.6 Å². The molecule has 0 fully saturated rings. The number of hydrogen-bond donors (Lipinski definition) is 4. The molecule has 1 aliphatic heterocycles. The highest BCUT2D eigenvalue weighted by atomic mass is 35.5. The lowest BCUT2D eigenvalue weighted by Crippen LogP contribution is -2.45. The van der Waals surface area contributed by atoms with E-state index in [1.54, 1.807) is 62.3 Å². The number of carbonyl (C=O) groups excluding carboxylic acids is 2. The standard InChI is InChI=1S/C56H60Cl2N6O10/c1-32-39(30-73-51-18-49(71-28-37-14-36(20-59-5)21-60-22-37)42(16-46(51)57)25-63-53(34(3)65)55(67)69-6)10-8-12-44(32)45-13-9-11-40(33(45)2)31-74-52-19-50(72-29-38-15-41(24-61-23-38)48-27-62-48)43(17-47(52)58)26-64-54(35(4)66)56(68)70-7/h8-24,27,34-35,48,53-54,63-66H,25-26,28-31H2,1-7H3/t34-,35-,48?,53-,54-/m0/s1. The fourth-order valence-corrected chi connectivity index (χ4v) is 8.66. The second-order valence-corrected chi connectivity index (χ2v) is 18.6. The van der Waals surface area contributed by atoms with Crippen LogP contribution in [0.4, 0.5) is 0 Å². The zero-order valence-corrected chi connectivity index (χ0v) is 43.7. The van der Waals surface area contributed by atoms with E-state index in [9.17, 15) is 19.8 Å². The summed E-state index contributed by atoms with van der Waals surface area (Å²) in [6.45, 7) is 8.06. The molecule has 16 nitrogen and oxygen atoms in total. The Labute approximate surface area is 440 Å². The van der Waals surface area contributed by atoms with Crippen LogP contribution in [0.15, 0.2) is 108 Å². The van der Waals surface area contributed by atoms with E-state index in [0.717, 1.165) is 55.6 Å². The second kappa shape index (κ2) is 25.8. The molecular weight excluding hydrogens is 988 g/mol. The van der Waals surface area contributed by atoms with Crippen LogP contribution in [0.25, 0.3) is 11.1 Å². The number of aliphatic hydroxyl groups is 2. The average molecular weight is 1050 g/mol. The van der Waals surface area contributed by atoms with Crippen molar-refractivity contribution in [1.29, 1.82) is 0 Å². The summed E-state index contributed by atoms with van der Waals surface area (Å²) in [6, 6.07) is 21.0. The number of benzene rings is 4. The Morgan fingerprint density at radius 3 is 1.55 bits per heavy atom. The maximum atomic E-state index is 12.5. The number of nitrogens with one attached hydrogen (secondary N) is 2. The van der Waals surface area contributed by atoms with Gasteiger partial charge in [-0.3, -0.25) is 40.2 Å². The summed E-state index contributed by atoms with van der Waals surface area (Å²) < 4.78 is 35.4. The van der Waals surface area contributed by atoms with Crippen molar-refractivity contribution in [2.45, 2.75) is 97.5 Å². The number of aromatic nitrogens is 2. The van der Waals surface area contributed by atoms with Gasteiger partial charge in [0.2, 0.25) is 0 Å². The molecule has 1 aliphatic rings. The van der Waals surface area contributed by atoms with Gasteiger partial charge >= 0.3 is 11.9 Å². The molecule has 0 saturated heterocycles. The Bertz CT molecular complexity index is 3000. The van der Waals surface area contributed by atoms with Crippen molar-refractivity contribution >= 4 is 47.6 Å². The number of nitrogens with zero attached hydrogens (tertiary/aromatic N) is 4. The third kappa shape index (κ3) is 14.2. The second-order valence-electron chi connectivity index (χ2n) is 17.7. The molecule has 0 aliphatic carbocycles. The fourth-order valence-electron chi connectivity index (χ4n) is 8.18. The number of rotatable bonds is 25. The molecule has 1 unspecified atom stereocenters. The van der Waals surface area contributed by atoms with Crippen molar-refractivity contribution in [3.8, 4) is 34.1 Å². The molecular formula is C56H60Cl2N6O10. The van der Waals surface area contributed by atoms with Gasteiger partial charge in [0, 0.05) is 103 Å². The van der Waals surface area contributed by atoms with Gasteiger partial charge in [-0.25, -0.2) is 0 Å². The number of esters is 2. The lowest BCUT2D eigenvalue weighted by Gasteiger charge is -2.21. The molecule has 388 valence electrons. The number of halogens is 2. The Morgan fingerprint density at radius 1 is 0.649 bits per heavy atom. The molecule has 0 amide bonds. The highest BCUT2D eigenvalue weighted by Gasteiger charge is 2.27. The van der Waals surface area contributed by atoms with E-state index in [4.69, 9.17) is 51.6 Å². The van der Waals surface area contributed by atoms with Gasteiger partial charge in [-0.2, -0.15) is 0 Å². The molecule has 6 aromatic rings. The number of ether oxygens (including phenoxy) is 6. The zero-order valence-electron chi connectivity index (χ0n) is 42.2. The monoisotopic (exact) mass is 1050 g/mol. The summed E-state index contributed by atoms with van der Waals surface area (Å²) in [7, 11) is 4.22. The Morgan fingerprint density at radius 2 is 1.11 bits per heavy atom. The highest BCUT2D eigenvalue weighted by molar-refractivity contribution is 6.32. The molecule has 0 radical (unpaired) electrons. The van der Waals surface area contributed by atoms with Crippen LogP contribution in [0.1, 0.15) is 75.5 Å². The third-order valence-corrected chi connectivity index (χ3v) is 13.0. The molecule has 2 aromatic heterocycles. The summed E-state index contributed by atoms with van der Waals surface area (Å²) in [5.41, 5.74) is 10.6. The maximum absolute atomic E-state index is 12.5. The molecule has 4 N–H and O–H groups in total. The van der Waals surface area contributed by atoms with Crippen LogP contribution < -0.4 is 29.6 Å². The van der Waals surface area contributed by atoms with Crippen molar-refractivity contribution in [3.63, 3.8) is 0 Å². The van der Waals surface area contributed by atoms with Crippen LogP contribution in [-0.2, 0) is 58.6 Å². The van der Waals surface area contributed by atoms with E-state index >= 15 is 0 Å². The summed E-state index contributed by atoms with van der Waals surface area (Å²) in [4.78, 5) is 41.9. The first-order valence-electron chi connectivity index (χ1n) is 23.8. The van der Waals surface area contributed by atoms with Crippen molar-refractivity contribution in [1.82, 2.24) is 20.6 Å². The first kappa shape index (κ1) is 54.8.